The Bertz CT molecular complexity index is 461. The van der Waals surface area contributed by atoms with Crippen molar-refractivity contribution in [3.05, 3.63) is 29.9 Å². The third-order valence-corrected chi connectivity index (χ3v) is 2.82. The first-order valence-electron chi connectivity index (χ1n) is 4.37. The van der Waals surface area contributed by atoms with Crippen molar-refractivity contribution in [3.8, 4) is 0 Å². The molecule has 0 saturated heterocycles. The number of rotatable bonds is 3. The molecule has 0 bridgehead atoms. The number of hydrogen-bond donors (Lipinski definition) is 1. The predicted molar refractivity (Wildman–Crippen MR) is 60.8 cm³/mol. The molecule has 0 atom stereocenters. The molecule has 0 aromatic carbocycles. The molecule has 0 aliphatic heterocycles. The van der Waals surface area contributed by atoms with Crippen LogP contribution in [0, 0.1) is 6.92 Å². The molecule has 1 N–H and O–H groups in total. The Labute approximate surface area is 86.5 Å². The van der Waals surface area contributed by atoms with Crippen molar-refractivity contribution < 1.29 is 0 Å². The van der Waals surface area contributed by atoms with Crippen molar-refractivity contribution in [2.45, 2.75) is 6.92 Å². The molecule has 0 aliphatic carbocycles. The zero-order chi connectivity index (χ0) is 9.97. The van der Waals surface area contributed by atoms with Crippen LogP contribution in [-0.4, -0.2) is 16.5 Å². The van der Waals surface area contributed by atoms with Crippen LogP contribution in [0.1, 0.15) is 4.88 Å². The van der Waals surface area contributed by atoms with Crippen LogP contribution >= 0.6 is 11.3 Å². The third-order valence-electron chi connectivity index (χ3n) is 1.87. The highest BCUT2D eigenvalue weighted by molar-refractivity contribution is 7.18. The van der Waals surface area contributed by atoms with Gasteiger partial charge in [0.1, 0.15) is 17.0 Å². The zero-order valence-corrected chi connectivity index (χ0v) is 8.77. The van der Waals surface area contributed by atoms with Gasteiger partial charge in [0.15, 0.2) is 0 Å². The molecule has 2 aromatic rings. The van der Waals surface area contributed by atoms with Crippen molar-refractivity contribution >= 4 is 27.4 Å². The summed E-state index contributed by atoms with van der Waals surface area (Å²) in [5, 5.41) is 4.28. The van der Waals surface area contributed by atoms with Crippen molar-refractivity contribution in [2.24, 2.45) is 0 Å². The van der Waals surface area contributed by atoms with Gasteiger partial charge < -0.3 is 5.32 Å². The molecule has 0 amide bonds. The number of anilines is 1. The molecule has 0 unspecified atom stereocenters. The summed E-state index contributed by atoms with van der Waals surface area (Å²) in [4.78, 5) is 10.7. The Hall–Kier alpha value is -1.42. The first-order chi connectivity index (χ1) is 6.81. The SMILES string of the molecule is C=CCNc1ncnc2sc(C)cc12. The highest BCUT2D eigenvalue weighted by Crippen LogP contribution is 2.27. The Morgan fingerprint density at radius 2 is 2.43 bits per heavy atom. The van der Waals surface area contributed by atoms with Crippen LogP contribution in [0.4, 0.5) is 5.82 Å². The van der Waals surface area contributed by atoms with E-state index in [1.54, 1.807) is 17.7 Å². The molecule has 2 aromatic heterocycles. The van der Waals surface area contributed by atoms with E-state index in [2.05, 4.69) is 34.9 Å². The van der Waals surface area contributed by atoms with Gasteiger partial charge >= 0.3 is 0 Å². The smallest absolute Gasteiger partial charge is 0.138 e. The highest BCUT2D eigenvalue weighted by atomic mass is 32.1. The van der Waals surface area contributed by atoms with E-state index in [1.807, 2.05) is 6.08 Å². The fourth-order valence-corrected chi connectivity index (χ4v) is 2.13. The van der Waals surface area contributed by atoms with Crippen molar-refractivity contribution in [2.75, 3.05) is 11.9 Å². The van der Waals surface area contributed by atoms with E-state index in [9.17, 15) is 0 Å². The molecule has 4 heteroatoms. The van der Waals surface area contributed by atoms with Crippen LogP contribution in [0.25, 0.3) is 10.2 Å². The Kier molecular flexibility index (Phi) is 2.45. The lowest BCUT2D eigenvalue weighted by molar-refractivity contribution is 1.19. The number of hydrogen-bond acceptors (Lipinski definition) is 4. The molecule has 0 spiro atoms. The molecular weight excluding hydrogens is 194 g/mol. The van der Waals surface area contributed by atoms with Gasteiger partial charge in [-0.1, -0.05) is 6.08 Å². The van der Waals surface area contributed by atoms with Crippen LogP contribution in [-0.2, 0) is 0 Å². The number of nitrogens with zero attached hydrogens (tertiary/aromatic N) is 2. The van der Waals surface area contributed by atoms with Gasteiger partial charge in [0.25, 0.3) is 0 Å². The summed E-state index contributed by atoms with van der Waals surface area (Å²) in [6.45, 7) is 6.45. The molecule has 14 heavy (non-hydrogen) atoms. The van der Waals surface area contributed by atoms with Crippen LogP contribution in [0.5, 0.6) is 0 Å². The zero-order valence-electron chi connectivity index (χ0n) is 7.95. The normalized spacial score (nSPS) is 10.4. The average Bonchev–Trinajstić information content (AvgIpc) is 2.55. The molecule has 72 valence electrons. The number of aromatic nitrogens is 2. The fourth-order valence-electron chi connectivity index (χ4n) is 1.29. The summed E-state index contributed by atoms with van der Waals surface area (Å²) >= 11 is 1.68. The quantitative estimate of drug-likeness (QED) is 0.783. The number of thiophene rings is 1. The highest BCUT2D eigenvalue weighted by Gasteiger charge is 2.04. The minimum atomic E-state index is 0.723. The summed E-state index contributed by atoms with van der Waals surface area (Å²) in [5.41, 5.74) is 0. The van der Waals surface area contributed by atoms with E-state index >= 15 is 0 Å². The van der Waals surface area contributed by atoms with Crippen LogP contribution in [0.3, 0.4) is 0 Å². The summed E-state index contributed by atoms with van der Waals surface area (Å²) < 4.78 is 0. The predicted octanol–water partition coefficient (Wildman–Crippen LogP) is 2.60. The second kappa shape index (κ2) is 3.75. The standard InChI is InChI=1S/C10H11N3S/c1-3-4-11-9-8-5-7(2)14-10(8)13-6-12-9/h3,5-6H,1,4H2,2H3,(H,11,12,13). The Balaban J connectivity index is 2.47. The average molecular weight is 205 g/mol. The first kappa shape index (κ1) is 9.15. The monoisotopic (exact) mass is 205 g/mol. The second-order valence-corrected chi connectivity index (χ2v) is 4.20. The lowest BCUT2D eigenvalue weighted by atomic mass is 10.3. The van der Waals surface area contributed by atoms with E-state index in [0.717, 1.165) is 22.6 Å². The minimum Gasteiger partial charge on any atom is -0.366 e. The maximum atomic E-state index is 4.21. The van der Waals surface area contributed by atoms with Crippen molar-refractivity contribution in [1.29, 1.82) is 0 Å². The van der Waals surface area contributed by atoms with Gasteiger partial charge in [-0.2, -0.15) is 0 Å². The summed E-state index contributed by atoms with van der Waals surface area (Å²) in [7, 11) is 0. The van der Waals surface area contributed by atoms with Crippen molar-refractivity contribution in [3.63, 3.8) is 0 Å². The van der Waals surface area contributed by atoms with Crippen LogP contribution in [0.15, 0.2) is 25.0 Å². The molecule has 0 aliphatic rings. The fraction of sp³-hybridized carbons (Fsp3) is 0.200. The van der Waals surface area contributed by atoms with Crippen LogP contribution in [0.2, 0.25) is 0 Å². The lowest BCUT2D eigenvalue weighted by Gasteiger charge is -2.01. The van der Waals surface area contributed by atoms with Gasteiger partial charge in [-0.3, -0.25) is 0 Å². The number of fused-ring (bicyclic) bond motifs is 1. The Morgan fingerprint density at radius 1 is 1.57 bits per heavy atom. The Morgan fingerprint density at radius 3 is 3.21 bits per heavy atom. The second-order valence-electron chi connectivity index (χ2n) is 2.97. The molecular formula is C10H11N3S. The first-order valence-corrected chi connectivity index (χ1v) is 5.19. The van der Waals surface area contributed by atoms with Gasteiger partial charge in [-0.05, 0) is 13.0 Å². The summed E-state index contributed by atoms with van der Waals surface area (Å²) in [6, 6.07) is 2.10. The van der Waals surface area contributed by atoms with Crippen molar-refractivity contribution in [1.82, 2.24) is 9.97 Å². The largest absolute Gasteiger partial charge is 0.366 e. The van der Waals surface area contributed by atoms with E-state index in [-0.39, 0.29) is 0 Å². The molecule has 2 rings (SSSR count). The molecule has 3 nitrogen and oxygen atoms in total. The summed E-state index contributed by atoms with van der Waals surface area (Å²) in [6.07, 6.45) is 3.40. The minimum absolute atomic E-state index is 0.723. The number of nitrogens with one attached hydrogen (secondary N) is 1. The maximum absolute atomic E-state index is 4.21. The van der Waals surface area contributed by atoms with E-state index in [1.165, 1.54) is 4.88 Å². The van der Waals surface area contributed by atoms with E-state index < -0.39 is 0 Å². The van der Waals surface area contributed by atoms with Gasteiger partial charge in [0.2, 0.25) is 0 Å². The molecule has 2 heterocycles. The van der Waals surface area contributed by atoms with Gasteiger partial charge in [-0.15, -0.1) is 17.9 Å². The van der Waals surface area contributed by atoms with E-state index in [0.29, 0.717) is 0 Å². The molecule has 0 radical (unpaired) electrons. The summed E-state index contributed by atoms with van der Waals surface area (Å²) in [5.74, 6) is 0.888. The van der Waals surface area contributed by atoms with Gasteiger partial charge in [-0.25, -0.2) is 9.97 Å². The topological polar surface area (TPSA) is 37.8 Å². The maximum Gasteiger partial charge on any atom is 0.138 e. The molecule has 0 fully saturated rings. The van der Waals surface area contributed by atoms with E-state index in [4.69, 9.17) is 0 Å². The number of aryl methyl sites for hydroxylation is 1. The van der Waals surface area contributed by atoms with Gasteiger partial charge in [0.05, 0.1) is 5.39 Å². The van der Waals surface area contributed by atoms with Gasteiger partial charge in [0, 0.05) is 11.4 Å². The lowest BCUT2D eigenvalue weighted by Crippen LogP contribution is -2.00. The van der Waals surface area contributed by atoms with Crippen LogP contribution < -0.4 is 5.32 Å². The molecule has 0 saturated carbocycles. The third kappa shape index (κ3) is 1.61.